The molecular formula is C7H5Cl3O2S. The predicted molar refractivity (Wildman–Crippen MR) is 54.1 cm³/mol. The third-order valence-electron chi connectivity index (χ3n) is 1.38. The Balaban J connectivity index is 3.17. The third-order valence-corrected chi connectivity index (χ3v) is 4.43. The number of sulfone groups is 1. The van der Waals surface area contributed by atoms with E-state index in [1.165, 1.54) is 24.3 Å². The van der Waals surface area contributed by atoms with Crippen LogP contribution in [0.3, 0.4) is 0 Å². The van der Waals surface area contributed by atoms with Gasteiger partial charge in [-0.3, -0.25) is 0 Å². The van der Waals surface area contributed by atoms with Crippen molar-refractivity contribution in [1.29, 1.82) is 0 Å². The van der Waals surface area contributed by atoms with E-state index in [-0.39, 0.29) is 4.90 Å². The van der Waals surface area contributed by atoms with Crippen molar-refractivity contribution < 1.29 is 8.42 Å². The normalized spacial score (nSPS) is 12.0. The zero-order chi connectivity index (χ0) is 10.1. The Morgan fingerprint density at radius 1 is 1.08 bits per heavy atom. The Bertz CT molecular complexity index is 383. The Kier molecular flexibility index (Phi) is 3.46. The third kappa shape index (κ3) is 2.50. The van der Waals surface area contributed by atoms with E-state index in [9.17, 15) is 8.42 Å². The summed E-state index contributed by atoms with van der Waals surface area (Å²) in [5.74, 6) is 0. The summed E-state index contributed by atoms with van der Waals surface area (Å²) in [6.07, 6.45) is 0. The zero-order valence-electron chi connectivity index (χ0n) is 6.25. The molecule has 1 aromatic carbocycles. The van der Waals surface area contributed by atoms with E-state index in [0.717, 1.165) is 0 Å². The summed E-state index contributed by atoms with van der Waals surface area (Å²) in [7, 11) is -3.62. The van der Waals surface area contributed by atoms with Gasteiger partial charge in [0.1, 0.15) is 0 Å². The van der Waals surface area contributed by atoms with Crippen molar-refractivity contribution in [1.82, 2.24) is 0 Å². The van der Waals surface area contributed by atoms with Gasteiger partial charge in [0.05, 0.1) is 4.90 Å². The second-order valence-electron chi connectivity index (χ2n) is 2.26. The number of benzene rings is 1. The van der Waals surface area contributed by atoms with Gasteiger partial charge < -0.3 is 0 Å². The summed E-state index contributed by atoms with van der Waals surface area (Å²) in [4.78, 5) is 0.0619. The first kappa shape index (κ1) is 11.1. The number of hydrogen-bond donors (Lipinski definition) is 0. The van der Waals surface area contributed by atoms with Gasteiger partial charge in [0.15, 0.2) is 0 Å². The average molecular weight is 260 g/mol. The molecule has 0 amide bonds. The fourth-order valence-corrected chi connectivity index (χ4v) is 2.19. The minimum atomic E-state index is -3.62. The van der Waals surface area contributed by atoms with Crippen LogP contribution in [0.4, 0.5) is 0 Å². The van der Waals surface area contributed by atoms with E-state index in [2.05, 4.69) is 0 Å². The first-order valence-corrected chi connectivity index (χ1v) is 6.02. The van der Waals surface area contributed by atoms with Gasteiger partial charge >= 0.3 is 0 Å². The second-order valence-corrected chi connectivity index (χ2v) is 6.34. The molecule has 0 radical (unpaired) electrons. The summed E-state index contributed by atoms with van der Waals surface area (Å²) in [5.41, 5.74) is 0. The number of rotatable bonds is 2. The van der Waals surface area contributed by atoms with Crippen LogP contribution in [0.25, 0.3) is 0 Å². The van der Waals surface area contributed by atoms with Gasteiger partial charge in [0.25, 0.3) is 0 Å². The van der Waals surface area contributed by atoms with Crippen molar-refractivity contribution in [3.8, 4) is 0 Å². The van der Waals surface area contributed by atoms with E-state index in [1.807, 2.05) is 0 Å². The molecule has 0 saturated carbocycles. The molecule has 2 nitrogen and oxygen atoms in total. The summed E-state index contributed by atoms with van der Waals surface area (Å²) < 4.78 is 21.2. The molecule has 72 valence electrons. The monoisotopic (exact) mass is 258 g/mol. The maximum absolute atomic E-state index is 11.3. The lowest BCUT2D eigenvalue weighted by Gasteiger charge is -2.03. The number of hydrogen-bond acceptors (Lipinski definition) is 2. The van der Waals surface area contributed by atoms with Gasteiger partial charge in [-0.1, -0.05) is 34.8 Å². The van der Waals surface area contributed by atoms with Gasteiger partial charge in [-0.05, 0) is 24.3 Å². The summed E-state index contributed by atoms with van der Waals surface area (Å²) in [5, 5.41) is 0.458. The van der Waals surface area contributed by atoms with Crippen molar-refractivity contribution in [2.75, 3.05) is 0 Å². The molecule has 0 bridgehead atoms. The van der Waals surface area contributed by atoms with E-state index in [0.29, 0.717) is 5.02 Å². The van der Waals surface area contributed by atoms with Crippen molar-refractivity contribution >= 4 is 44.6 Å². The van der Waals surface area contributed by atoms with Crippen LogP contribution in [0, 0.1) is 0 Å². The van der Waals surface area contributed by atoms with Crippen molar-refractivity contribution in [3.05, 3.63) is 29.3 Å². The van der Waals surface area contributed by atoms with Gasteiger partial charge in [-0.2, -0.15) is 0 Å². The molecule has 13 heavy (non-hydrogen) atoms. The maximum Gasteiger partial charge on any atom is 0.212 e. The molecule has 0 aliphatic carbocycles. The smallest absolute Gasteiger partial charge is 0.212 e. The van der Waals surface area contributed by atoms with Crippen molar-refractivity contribution in [2.45, 2.75) is 9.06 Å². The molecule has 6 heteroatoms. The first-order valence-electron chi connectivity index (χ1n) is 3.22. The highest BCUT2D eigenvalue weighted by atomic mass is 35.5. The van der Waals surface area contributed by atoms with Crippen molar-refractivity contribution in [3.63, 3.8) is 0 Å². The van der Waals surface area contributed by atoms with E-state index >= 15 is 0 Å². The van der Waals surface area contributed by atoms with Crippen LogP contribution in [-0.2, 0) is 9.84 Å². The fraction of sp³-hybridized carbons (Fsp3) is 0.143. The first-order chi connectivity index (χ1) is 5.94. The van der Waals surface area contributed by atoms with Crippen LogP contribution in [0.2, 0.25) is 5.02 Å². The lowest BCUT2D eigenvalue weighted by molar-refractivity contribution is 0.598. The summed E-state index contributed by atoms with van der Waals surface area (Å²) in [6, 6.07) is 5.64. The molecule has 0 saturated heterocycles. The highest BCUT2D eigenvalue weighted by Gasteiger charge is 2.22. The molecular weight excluding hydrogens is 255 g/mol. The SMILES string of the molecule is O=S(=O)(c1ccc(Cl)cc1)C(Cl)Cl. The van der Waals surface area contributed by atoms with Crippen LogP contribution in [0.1, 0.15) is 0 Å². The van der Waals surface area contributed by atoms with E-state index < -0.39 is 14.0 Å². The van der Waals surface area contributed by atoms with E-state index in [1.54, 1.807) is 0 Å². The standard InChI is InChI=1S/C7H5Cl3O2S/c8-5-1-3-6(4-2-5)13(11,12)7(9)10/h1-4,7H. The Morgan fingerprint density at radius 3 is 1.92 bits per heavy atom. The fourth-order valence-electron chi connectivity index (χ4n) is 0.727. The zero-order valence-corrected chi connectivity index (χ0v) is 9.33. The molecule has 0 N–H and O–H groups in total. The molecule has 0 aliphatic rings. The van der Waals surface area contributed by atoms with E-state index in [4.69, 9.17) is 34.8 Å². The molecule has 1 rings (SSSR count). The maximum atomic E-state index is 11.3. The van der Waals surface area contributed by atoms with Crippen LogP contribution in [-0.4, -0.2) is 12.6 Å². The summed E-state index contributed by atoms with van der Waals surface area (Å²) in [6.45, 7) is 0. The lowest BCUT2D eigenvalue weighted by Crippen LogP contribution is -2.08. The minimum absolute atomic E-state index is 0.0619. The van der Waals surface area contributed by atoms with Crippen LogP contribution in [0.5, 0.6) is 0 Å². The van der Waals surface area contributed by atoms with Gasteiger partial charge in [-0.25, -0.2) is 8.42 Å². The molecule has 0 fully saturated rings. The molecule has 0 heterocycles. The van der Waals surface area contributed by atoms with Gasteiger partial charge in [0.2, 0.25) is 14.0 Å². The van der Waals surface area contributed by atoms with Gasteiger partial charge in [0, 0.05) is 5.02 Å². The van der Waals surface area contributed by atoms with Crippen LogP contribution >= 0.6 is 34.8 Å². The summed E-state index contributed by atoms with van der Waals surface area (Å²) >= 11 is 16.2. The molecule has 1 aromatic rings. The van der Waals surface area contributed by atoms with Crippen LogP contribution in [0.15, 0.2) is 29.2 Å². The number of alkyl halides is 2. The van der Waals surface area contributed by atoms with Gasteiger partial charge in [-0.15, -0.1) is 0 Å². The predicted octanol–water partition coefficient (Wildman–Crippen LogP) is 2.87. The molecule has 0 spiro atoms. The average Bonchev–Trinajstić information content (AvgIpc) is 2.04. The highest BCUT2D eigenvalue weighted by molar-refractivity contribution is 7.94. The Hall–Kier alpha value is 0.0400. The lowest BCUT2D eigenvalue weighted by atomic mass is 10.4. The van der Waals surface area contributed by atoms with Crippen molar-refractivity contribution in [2.24, 2.45) is 0 Å². The Morgan fingerprint density at radius 2 is 1.54 bits per heavy atom. The topological polar surface area (TPSA) is 34.1 Å². The quantitative estimate of drug-likeness (QED) is 0.765. The largest absolute Gasteiger partial charge is 0.221 e. The van der Waals surface area contributed by atoms with Crippen LogP contribution < -0.4 is 0 Å². The molecule has 0 aliphatic heterocycles. The Labute approximate surface area is 91.3 Å². The minimum Gasteiger partial charge on any atom is -0.221 e. The highest BCUT2D eigenvalue weighted by Crippen LogP contribution is 2.22. The molecule has 0 aromatic heterocycles. The number of halogens is 3. The molecule has 0 unspecified atom stereocenters. The second kappa shape index (κ2) is 4.05. The molecule has 0 atom stereocenters.